The average Bonchev–Trinajstić information content (AvgIpc) is 2.93. The number of ketones is 1. The zero-order chi connectivity index (χ0) is 22.8. The number of hydrogen-bond donors (Lipinski definition) is 2. The lowest BCUT2D eigenvalue weighted by Gasteiger charge is -2.59. The van der Waals surface area contributed by atoms with Gasteiger partial charge in [0.15, 0.2) is 5.78 Å². The molecule has 7 nitrogen and oxygen atoms in total. The number of fused-ring (bicyclic) bond motifs is 5. The Balaban J connectivity index is 1.73. The molecule has 4 aliphatic rings. The number of carbonyl (C=O) groups excluding carboxylic acids is 2. The van der Waals surface area contributed by atoms with E-state index in [0.717, 1.165) is 12.0 Å². The van der Waals surface area contributed by atoms with E-state index in [1.807, 2.05) is 19.9 Å². The number of esters is 1. The van der Waals surface area contributed by atoms with Crippen LogP contribution < -0.4 is 0 Å². The topological polar surface area (TPSA) is 110 Å². The highest BCUT2D eigenvalue weighted by Gasteiger charge is 2.70. The summed E-state index contributed by atoms with van der Waals surface area (Å²) < 4.78 is 10.8. The van der Waals surface area contributed by atoms with Gasteiger partial charge in [-0.25, -0.2) is 9.59 Å². The summed E-state index contributed by atoms with van der Waals surface area (Å²) >= 11 is 11.3. The van der Waals surface area contributed by atoms with Gasteiger partial charge in [-0.05, 0) is 49.7 Å². The maximum atomic E-state index is 12.3. The minimum absolute atomic E-state index is 0.0366. The molecule has 9 heteroatoms. The molecule has 7 atom stereocenters. The number of rotatable bonds is 3. The zero-order valence-electron chi connectivity index (χ0n) is 17.3. The van der Waals surface area contributed by atoms with Gasteiger partial charge < -0.3 is 19.7 Å². The van der Waals surface area contributed by atoms with Crippen LogP contribution in [0.15, 0.2) is 23.8 Å². The van der Waals surface area contributed by atoms with E-state index >= 15 is 0 Å². The van der Waals surface area contributed by atoms with Crippen LogP contribution >= 0.6 is 23.2 Å². The molecule has 4 rings (SSSR count). The van der Waals surface area contributed by atoms with Crippen LogP contribution in [0.2, 0.25) is 0 Å². The highest BCUT2D eigenvalue weighted by atomic mass is 35.5. The molecule has 0 aromatic carbocycles. The standard InChI is InChI=1S/C22H26Cl2O7/c1-20-7-5-12(25)9-11(20)3-4-13-14-6-8-22(31-19(28)29,30-18(27)17(23)24)21(14,2)10-15(26)16(13)20/h5,7,9,13-17,26H,3-4,6,8,10H2,1-2H3,(H,28,29)/t13-,14-,15-,16+,20-,21-,22-/m0/s1. The fourth-order valence-corrected chi connectivity index (χ4v) is 7.07. The second-order valence-corrected chi connectivity index (χ2v) is 10.7. The maximum absolute atomic E-state index is 12.3. The van der Waals surface area contributed by atoms with Gasteiger partial charge in [0.05, 0.1) is 11.5 Å². The third-order valence-electron chi connectivity index (χ3n) is 8.24. The van der Waals surface area contributed by atoms with Gasteiger partial charge in [-0.15, -0.1) is 0 Å². The minimum atomic E-state index is -1.77. The zero-order valence-corrected chi connectivity index (χ0v) is 18.9. The van der Waals surface area contributed by atoms with Gasteiger partial charge >= 0.3 is 12.1 Å². The van der Waals surface area contributed by atoms with E-state index in [9.17, 15) is 24.6 Å². The Morgan fingerprint density at radius 1 is 1.23 bits per heavy atom. The van der Waals surface area contributed by atoms with Crippen molar-refractivity contribution in [2.45, 2.75) is 62.7 Å². The molecular weight excluding hydrogens is 447 g/mol. The van der Waals surface area contributed by atoms with Crippen molar-refractivity contribution in [1.82, 2.24) is 0 Å². The molecule has 0 aromatic heterocycles. The lowest BCUT2D eigenvalue weighted by atomic mass is 9.47. The summed E-state index contributed by atoms with van der Waals surface area (Å²) in [6.07, 6.45) is 5.12. The van der Waals surface area contributed by atoms with E-state index in [4.69, 9.17) is 32.7 Å². The summed E-state index contributed by atoms with van der Waals surface area (Å²) in [6.45, 7) is 3.86. The third-order valence-corrected chi connectivity index (χ3v) is 8.59. The molecule has 0 spiro atoms. The highest BCUT2D eigenvalue weighted by Crippen LogP contribution is 2.68. The average molecular weight is 473 g/mol. The van der Waals surface area contributed by atoms with E-state index in [1.54, 1.807) is 12.2 Å². The number of hydrogen-bond acceptors (Lipinski definition) is 6. The van der Waals surface area contributed by atoms with E-state index in [1.165, 1.54) is 0 Å². The number of carbonyl (C=O) groups is 3. The Hall–Kier alpha value is -1.57. The number of aliphatic hydroxyl groups is 1. The molecule has 0 saturated heterocycles. The predicted octanol–water partition coefficient (Wildman–Crippen LogP) is 4.00. The van der Waals surface area contributed by atoms with Gasteiger partial charge in [0.2, 0.25) is 4.84 Å². The molecular formula is C22H26Cl2O7. The minimum Gasteiger partial charge on any atom is -0.450 e. The molecule has 0 unspecified atom stereocenters. The third kappa shape index (κ3) is 3.31. The van der Waals surface area contributed by atoms with Gasteiger partial charge in [-0.1, -0.05) is 48.7 Å². The van der Waals surface area contributed by atoms with E-state index in [-0.39, 0.29) is 36.4 Å². The highest BCUT2D eigenvalue weighted by molar-refractivity contribution is 6.52. The molecule has 0 bridgehead atoms. The second-order valence-electron chi connectivity index (χ2n) is 9.59. The molecule has 0 aromatic rings. The van der Waals surface area contributed by atoms with Crippen LogP contribution in [0.3, 0.4) is 0 Å². The first-order valence-electron chi connectivity index (χ1n) is 10.5. The Bertz CT molecular complexity index is 883. The first-order chi connectivity index (χ1) is 14.4. The molecule has 170 valence electrons. The molecule has 3 fully saturated rings. The van der Waals surface area contributed by atoms with Crippen LogP contribution in [-0.4, -0.2) is 44.8 Å². The summed E-state index contributed by atoms with van der Waals surface area (Å²) in [5.74, 6) is -2.95. The summed E-state index contributed by atoms with van der Waals surface area (Å²) in [5.41, 5.74) is -0.380. The number of ether oxygens (including phenoxy) is 2. The molecule has 0 amide bonds. The molecule has 3 saturated carbocycles. The monoisotopic (exact) mass is 472 g/mol. The summed E-state index contributed by atoms with van der Waals surface area (Å²) in [5, 5.41) is 20.8. The lowest BCUT2D eigenvalue weighted by Crippen LogP contribution is -2.61. The first-order valence-corrected chi connectivity index (χ1v) is 11.4. The summed E-state index contributed by atoms with van der Waals surface area (Å²) in [6, 6.07) is 0. The van der Waals surface area contributed by atoms with Gasteiger partial charge in [0.1, 0.15) is 0 Å². The number of carboxylic acid groups (broad SMARTS) is 1. The molecule has 0 aliphatic heterocycles. The Morgan fingerprint density at radius 2 is 1.94 bits per heavy atom. The van der Waals surface area contributed by atoms with Crippen LogP contribution in [0.4, 0.5) is 4.79 Å². The lowest BCUT2D eigenvalue weighted by molar-refractivity contribution is -0.274. The van der Waals surface area contributed by atoms with Crippen molar-refractivity contribution in [1.29, 1.82) is 0 Å². The van der Waals surface area contributed by atoms with Gasteiger partial charge in [-0.2, -0.15) is 0 Å². The number of alkyl halides is 2. The molecule has 0 heterocycles. The normalized spacial score (nSPS) is 43.5. The van der Waals surface area contributed by atoms with Crippen LogP contribution in [0, 0.1) is 28.6 Å². The van der Waals surface area contributed by atoms with Crippen molar-refractivity contribution in [3.8, 4) is 0 Å². The quantitative estimate of drug-likeness (QED) is 0.362. The summed E-state index contributed by atoms with van der Waals surface area (Å²) in [7, 11) is 0. The van der Waals surface area contributed by atoms with Crippen molar-refractivity contribution in [2.75, 3.05) is 0 Å². The van der Waals surface area contributed by atoms with Crippen molar-refractivity contribution in [3.63, 3.8) is 0 Å². The number of aliphatic hydroxyl groups excluding tert-OH is 1. The molecule has 2 N–H and O–H groups in total. The van der Waals surface area contributed by atoms with Gasteiger partial charge in [0, 0.05) is 17.8 Å². The predicted molar refractivity (Wildman–Crippen MR) is 111 cm³/mol. The molecule has 31 heavy (non-hydrogen) atoms. The smallest absolute Gasteiger partial charge is 0.450 e. The fraction of sp³-hybridized carbons (Fsp3) is 0.682. The first kappa shape index (κ1) is 22.6. The SMILES string of the molecule is C[C@]12C=CC(=O)C=C1CC[C@@H]1[C@@H]2[C@@H](O)C[C@@]2(C)[C@H]1CC[C@@]2(OC(=O)O)OC(=O)C(Cl)Cl. The molecule has 4 aliphatic carbocycles. The van der Waals surface area contributed by atoms with E-state index < -0.39 is 39.7 Å². The fourth-order valence-electron chi connectivity index (χ4n) is 6.98. The Morgan fingerprint density at radius 3 is 2.58 bits per heavy atom. The van der Waals surface area contributed by atoms with E-state index in [2.05, 4.69) is 0 Å². The van der Waals surface area contributed by atoms with Gasteiger partial charge in [-0.3, -0.25) is 4.79 Å². The van der Waals surface area contributed by atoms with Crippen LogP contribution in [0.5, 0.6) is 0 Å². The van der Waals surface area contributed by atoms with Crippen molar-refractivity contribution in [3.05, 3.63) is 23.8 Å². The molecule has 0 radical (unpaired) electrons. The number of allylic oxidation sites excluding steroid dienone is 4. The van der Waals surface area contributed by atoms with Gasteiger partial charge in [0.25, 0.3) is 5.79 Å². The number of halogens is 2. The Labute approximate surface area is 190 Å². The van der Waals surface area contributed by atoms with E-state index in [0.29, 0.717) is 12.8 Å². The maximum Gasteiger partial charge on any atom is 0.509 e. The van der Waals surface area contributed by atoms with Crippen LogP contribution in [0.25, 0.3) is 0 Å². The van der Waals surface area contributed by atoms with Crippen LogP contribution in [0.1, 0.15) is 46.0 Å². The largest absolute Gasteiger partial charge is 0.509 e. The van der Waals surface area contributed by atoms with Crippen molar-refractivity contribution < 1.29 is 34.1 Å². The Kier molecular flexibility index (Phi) is 5.47. The summed E-state index contributed by atoms with van der Waals surface area (Å²) in [4.78, 5) is 34.3. The second kappa shape index (κ2) is 7.49. The van der Waals surface area contributed by atoms with Crippen molar-refractivity contribution in [2.24, 2.45) is 28.6 Å². The van der Waals surface area contributed by atoms with Crippen LogP contribution in [-0.2, 0) is 19.1 Å². The van der Waals surface area contributed by atoms with Crippen molar-refractivity contribution >= 4 is 41.1 Å².